The van der Waals surface area contributed by atoms with E-state index in [4.69, 9.17) is 21.4 Å². The van der Waals surface area contributed by atoms with Crippen molar-refractivity contribution in [1.29, 1.82) is 0 Å². The fraction of sp³-hybridized carbons (Fsp3) is 0. The van der Waals surface area contributed by atoms with Gasteiger partial charge in [0.15, 0.2) is 5.75 Å². The van der Waals surface area contributed by atoms with E-state index in [1.54, 1.807) is 12.1 Å². The number of phosphoric acid groups is 1. The van der Waals surface area contributed by atoms with Gasteiger partial charge in [-0.05, 0) is 28.1 Å². The third-order valence-corrected chi connectivity index (χ3v) is 3.53. The molecule has 18 heavy (non-hydrogen) atoms. The molecule has 10 heteroatoms. The molecule has 0 aliphatic rings. The maximum Gasteiger partial charge on any atom is 0.524 e. The normalized spacial score (nSPS) is 10.7. The zero-order valence-electron chi connectivity index (χ0n) is 9.65. The van der Waals surface area contributed by atoms with Crippen LogP contribution < -0.4 is 4.52 Å². The summed E-state index contributed by atoms with van der Waals surface area (Å²) in [5, 5.41) is 1.04. The maximum atomic E-state index is 10.7. The van der Waals surface area contributed by atoms with Crippen molar-refractivity contribution in [3.63, 3.8) is 0 Å². The fourth-order valence-corrected chi connectivity index (χ4v) is 2.21. The Bertz CT molecular complexity index is 602. The molecule has 2 radical (unpaired) electrons. The summed E-state index contributed by atoms with van der Waals surface area (Å²) < 4.78 is 15.9. The predicted octanol–water partition coefficient (Wildman–Crippen LogP) is 2.29. The summed E-state index contributed by atoms with van der Waals surface area (Å²) in [6.45, 7) is 0. The van der Waals surface area contributed by atoms with Crippen LogP contribution in [0.15, 0.2) is 22.8 Å². The van der Waals surface area contributed by atoms with Gasteiger partial charge in [-0.1, -0.05) is 11.6 Å². The van der Waals surface area contributed by atoms with Gasteiger partial charge in [0.2, 0.25) is 0 Å². The van der Waals surface area contributed by atoms with E-state index in [9.17, 15) is 4.57 Å². The first-order chi connectivity index (χ1) is 7.37. The van der Waals surface area contributed by atoms with Crippen LogP contribution in [0, 0.1) is 0 Å². The molecule has 0 saturated heterocycles. The Kier molecular flexibility index (Phi) is 8.09. The van der Waals surface area contributed by atoms with Crippen LogP contribution in [0.1, 0.15) is 0 Å². The Morgan fingerprint density at radius 1 is 1.33 bits per heavy atom. The number of aromatic nitrogens is 1. The molecule has 0 aliphatic heterocycles. The largest absolute Gasteiger partial charge is 0.524 e. The van der Waals surface area contributed by atoms with Gasteiger partial charge in [-0.3, -0.25) is 9.79 Å². The summed E-state index contributed by atoms with van der Waals surface area (Å²) in [5.74, 6) is 0.0840. The average Bonchev–Trinajstić information content (AvgIpc) is 2.47. The third-order valence-electron chi connectivity index (χ3n) is 1.90. The van der Waals surface area contributed by atoms with Gasteiger partial charge in [0.1, 0.15) is 0 Å². The molecule has 3 N–H and O–H groups in total. The fourth-order valence-electron chi connectivity index (χ4n) is 1.29. The number of hydrogen-bond donors (Lipinski definition) is 3. The second-order valence-corrected chi connectivity index (χ2v) is 5.47. The summed E-state index contributed by atoms with van der Waals surface area (Å²) in [4.78, 5) is 20.2. The van der Waals surface area contributed by atoms with Crippen molar-refractivity contribution in [2.75, 3.05) is 0 Å². The van der Waals surface area contributed by atoms with Gasteiger partial charge < -0.3 is 9.51 Å². The van der Waals surface area contributed by atoms with Crippen molar-refractivity contribution in [2.45, 2.75) is 0 Å². The smallest absolute Gasteiger partial charge is 0.402 e. The molecule has 1 heterocycles. The van der Waals surface area contributed by atoms with Crippen molar-refractivity contribution in [3.8, 4) is 5.75 Å². The van der Waals surface area contributed by atoms with E-state index >= 15 is 0 Å². The third kappa shape index (κ3) is 4.79. The average molecular weight is 372 g/mol. The molecule has 0 saturated carbocycles. The van der Waals surface area contributed by atoms with Crippen LogP contribution in [0.4, 0.5) is 0 Å². The van der Waals surface area contributed by atoms with E-state index in [0.29, 0.717) is 20.4 Å². The van der Waals surface area contributed by atoms with E-state index in [-0.39, 0.29) is 64.9 Å². The van der Waals surface area contributed by atoms with Gasteiger partial charge in [0.05, 0.1) is 10.5 Å². The summed E-state index contributed by atoms with van der Waals surface area (Å²) in [6.07, 6.45) is 1.37. The topological polar surface area (TPSA) is 82.6 Å². The van der Waals surface area contributed by atoms with Crippen molar-refractivity contribution in [2.24, 2.45) is 0 Å². The molecule has 1 aromatic carbocycles. The van der Waals surface area contributed by atoms with Gasteiger partial charge in [-0.15, -0.1) is 0 Å². The first-order valence-electron chi connectivity index (χ1n) is 4.08. The van der Waals surface area contributed by atoms with Crippen LogP contribution in [0.25, 0.3) is 10.9 Å². The monoisotopic (exact) mass is 371 g/mol. The Morgan fingerprint density at radius 3 is 2.50 bits per heavy atom. The minimum absolute atomic E-state index is 0. The molecule has 0 fully saturated rings. The van der Waals surface area contributed by atoms with Crippen molar-refractivity contribution in [1.82, 2.24) is 4.98 Å². The molecule has 0 amide bonds. The van der Waals surface area contributed by atoms with Gasteiger partial charge in [0, 0.05) is 75.2 Å². The predicted molar refractivity (Wildman–Crippen MR) is 75.2 cm³/mol. The van der Waals surface area contributed by atoms with Crippen LogP contribution in [-0.4, -0.2) is 73.9 Å². The van der Waals surface area contributed by atoms with Crippen molar-refractivity contribution in [3.05, 3.63) is 27.8 Å². The number of halogens is 2. The maximum absolute atomic E-state index is 10.7. The Balaban J connectivity index is 0.00000144. The van der Waals surface area contributed by atoms with Gasteiger partial charge in [-0.25, -0.2) is 4.57 Å². The quantitative estimate of drug-likeness (QED) is 0.558. The zero-order valence-corrected chi connectivity index (χ0v) is 16.9. The number of hydrogen-bond acceptors (Lipinski definition) is 2. The zero-order chi connectivity index (χ0) is 11.9. The first kappa shape index (κ1) is 19.5. The second-order valence-electron chi connectivity index (χ2n) is 3.05. The molecule has 0 aliphatic carbocycles. The SMILES string of the molecule is O=P(O)(O)Oc1c[nH]c2cc(Cl)c(Br)cc12.[Na].[Na]. The van der Waals surface area contributed by atoms with Crippen LogP contribution in [0.2, 0.25) is 5.02 Å². The molecule has 0 bridgehead atoms. The molecule has 88 valence electrons. The molecule has 1 aromatic heterocycles. The van der Waals surface area contributed by atoms with Gasteiger partial charge in [0.25, 0.3) is 0 Å². The van der Waals surface area contributed by atoms with Gasteiger partial charge in [-0.2, -0.15) is 0 Å². The van der Waals surface area contributed by atoms with Crippen LogP contribution in [0.3, 0.4) is 0 Å². The van der Waals surface area contributed by atoms with E-state index < -0.39 is 7.82 Å². The Hall–Kier alpha value is 1.48. The molecular weight excluding hydrogens is 366 g/mol. The Morgan fingerprint density at radius 2 is 1.94 bits per heavy atom. The summed E-state index contributed by atoms with van der Waals surface area (Å²) >= 11 is 9.09. The minimum atomic E-state index is -4.55. The number of phosphoric ester groups is 1. The van der Waals surface area contributed by atoms with Crippen molar-refractivity contribution < 1.29 is 18.9 Å². The molecule has 0 unspecified atom stereocenters. The second kappa shape index (κ2) is 7.48. The molecule has 2 rings (SSSR count). The molecule has 0 atom stereocenters. The number of fused-ring (bicyclic) bond motifs is 1. The van der Waals surface area contributed by atoms with Crippen molar-refractivity contribution >= 4 is 105 Å². The molecule has 5 nitrogen and oxygen atoms in total. The first-order valence-corrected chi connectivity index (χ1v) is 6.78. The number of rotatable bonds is 2. The van der Waals surface area contributed by atoms with E-state index in [2.05, 4.69) is 25.4 Å². The summed E-state index contributed by atoms with van der Waals surface area (Å²) in [7, 11) is -4.55. The van der Waals surface area contributed by atoms with E-state index in [1.807, 2.05) is 0 Å². The number of nitrogens with one attached hydrogen (secondary N) is 1. The molecular formula is C8H6BrClNNa2O4P. The van der Waals surface area contributed by atoms with Crippen LogP contribution in [0.5, 0.6) is 5.75 Å². The van der Waals surface area contributed by atoms with Crippen LogP contribution >= 0.6 is 35.4 Å². The minimum Gasteiger partial charge on any atom is -0.402 e. The summed E-state index contributed by atoms with van der Waals surface area (Å²) in [6, 6.07) is 3.26. The Labute approximate surface area is 161 Å². The molecule has 0 spiro atoms. The van der Waals surface area contributed by atoms with E-state index in [1.165, 1.54) is 6.20 Å². The number of H-pyrrole nitrogens is 1. The standard InChI is InChI=1S/C8H6BrClNO4P.2Na/c9-5-1-4-7(2-6(5)10)11-3-8(4)15-16(12,13)14;;/h1-3,11H,(H2,12,13,14);;. The number of benzene rings is 1. The summed E-state index contributed by atoms with van der Waals surface area (Å²) in [5.41, 5.74) is 0.636. The van der Waals surface area contributed by atoms with Crippen LogP contribution in [-0.2, 0) is 4.57 Å². The number of aromatic amines is 1. The van der Waals surface area contributed by atoms with E-state index in [0.717, 1.165) is 0 Å². The molecule has 2 aromatic rings. The van der Waals surface area contributed by atoms with Gasteiger partial charge >= 0.3 is 7.82 Å².